The summed E-state index contributed by atoms with van der Waals surface area (Å²) in [5, 5.41) is 2.97. The number of amides is 1. The molecule has 0 spiro atoms. The molecule has 1 N–H and O–H groups in total. The minimum absolute atomic E-state index is 0.0445. The Balaban J connectivity index is 1.88. The zero-order valence-corrected chi connectivity index (χ0v) is 18.7. The summed E-state index contributed by atoms with van der Waals surface area (Å²) in [5.74, 6) is -0.0662. The third-order valence-corrected chi connectivity index (χ3v) is 7.53. The number of carbonyl (C=O) groups is 1. The van der Waals surface area contributed by atoms with Gasteiger partial charge in [0.25, 0.3) is 5.91 Å². The molecule has 1 amide bonds. The standard InChI is InChI=1S/C23H30N2O4S/c1-17-10-6-7-11-20(17)18(2)24-23(26)19-12-13-21(29-3)22(16-19)30(27,28)25-14-8-4-5-9-15-25/h6-7,10-13,16,18H,4-5,8-9,14-15H2,1-3H3,(H,24,26). The Morgan fingerprint density at radius 3 is 2.37 bits per heavy atom. The summed E-state index contributed by atoms with van der Waals surface area (Å²) in [4.78, 5) is 12.9. The van der Waals surface area contributed by atoms with Crippen molar-refractivity contribution < 1.29 is 17.9 Å². The van der Waals surface area contributed by atoms with E-state index in [9.17, 15) is 13.2 Å². The molecule has 1 unspecified atom stereocenters. The van der Waals surface area contributed by atoms with Gasteiger partial charge in [0.15, 0.2) is 0 Å². The molecule has 162 valence electrons. The topological polar surface area (TPSA) is 75.7 Å². The molecule has 2 aromatic carbocycles. The number of sulfonamides is 1. The summed E-state index contributed by atoms with van der Waals surface area (Å²) in [6.45, 7) is 4.90. The van der Waals surface area contributed by atoms with Crippen LogP contribution in [0.25, 0.3) is 0 Å². The van der Waals surface area contributed by atoms with Crippen molar-refractivity contribution in [3.63, 3.8) is 0 Å². The SMILES string of the molecule is COc1ccc(C(=O)NC(C)c2ccccc2C)cc1S(=O)(=O)N1CCCCCC1. The second-order valence-corrected chi connectivity index (χ2v) is 9.64. The number of rotatable bonds is 6. The number of benzene rings is 2. The minimum atomic E-state index is -3.74. The molecular formula is C23H30N2O4S. The molecule has 1 aliphatic rings. The Labute approximate surface area is 179 Å². The first-order valence-corrected chi connectivity index (χ1v) is 11.8. The van der Waals surface area contributed by atoms with E-state index in [1.54, 1.807) is 12.1 Å². The molecule has 6 nitrogen and oxygen atoms in total. The van der Waals surface area contributed by atoms with E-state index >= 15 is 0 Å². The van der Waals surface area contributed by atoms with Crippen molar-refractivity contribution in [3.05, 3.63) is 59.2 Å². The monoisotopic (exact) mass is 430 g/mol. The van der Waals surface area contributed by atoms with Crippen molar-refractivity contribution in [1.82, 2.24) is 9.62 Å². The van der Waals surface area contributed by atoms with Gasteiger partial charge < -0.3 is 10.1 Å². The lowest BCUT2D eigenvalue weighted by Crippen LogP contribution is -2.32. The number of hydrogen-bond donors (Lipinski definition) is 1. The fourth-order valence-corrected chi connectivity index (χ4v) is 5.57. The maximum atomic E-state index is 13.3. The maximum absolute atomic E-state index is 13.3. The molecule has 3 rings (SSSR count). The van der Waals surface area contributed by atoms with Crippen molar-refractivity contribution >= 4 is 15.9 Å². The molecule has 0 aliphatic carbocycles. The van der Waals surface area contributed by atoms with Crippen LogP contribution in [0.5, 0.6) is 5.75 Å². The van der Waals surface area contributed by atoms with E-state index in [2.05, 4.69) is 5.32 Å². The Kier molecular flexibility index (Phi) is 7.15. The zero-order chi connectivity index (χ0) is 21.7. The fourth-order valence-electron chi connectivity index (χ4n) is 3.87. The first-order valence-electron chi connectivity index (χ1n) is 10.4. The third kappa shape index (κ3) is 4.84. The normalized spacial score (nSPS) is 16.5. The van der Waals surface area contributed by atoms with Crippen LogP contribution < -0.4 is 10.1 Å². The number of nitrogens with zero attached hydrogens (tertiary/aromatic N) is 1. The largest absolute Gasteiger partial charge is 0.495 e. The van der Waals surface area contributed by atoms with Gasteiger partial charge in [0.05, 0.1) is 13.2 Å². The number of ether oxygens (including phenoxy) is 1. The van der Waals surface area contributed by atoms with Gasteiger partial charge in [0.2, 0.25) is 10.0 Å². The van der Waals surface area contributed by atoms with Gasteiger partial charge in [-0.3, -0.25) is 4.79 Å². The van der Waals surface area contributed by atoms with Crippen LogP contribution >= 0.6 is 0 Å². The molecule has 0 saturated carbocycles. The summed E-state index contributed by atoms with van der Waals surface area (Å²) < 4.78 is 33.4. The molecule has 30 heavy (non-hydrogen) atoms. The Bertz CT molecular complexity index is 996. The first kappa shape index (κ1) is 22.3. The highest BCUT2D eigenvalue weighted by Crippen LogP contribution is 2.29. The summed E-state index contributed by atoms with van der Waals surface area (Å²) in [6.07, 6.45) is 3.75. The number of aryl methyl sites for hydroxylation is 1. The summed E-state index contributed by atoms with van der Waals surface area (Å²) in [6, 6.07) is 12.2. The van der Waals surface area contributed by atoms with E-state index in [0.29, 0.717) is 18.7 Å². The Morgan fingerprint density at radius 2 is 1.73 bits per heavy atom. The van der Waals surface area contributed by atoms with E-state index in [-0.39, 0.29) is 22.6 Å². The van der Waals surface area contributed by atoms with Crippen LogP contribution in [0, 0.1) is 6.92 Å². The van der Waals surface area contributed by atoms with Crippen LogP contribution in [0.15, 0.2) is 47.4 Å². The van der Waals surface area contributed by atoms with Crippen molar-refractivity contribution in [2.75, 3.05) is 20.2 Å². The summed E-state index contributed by atoms with van der Waals surface area (Å²) >= 11 is 0. The zero-order valence-electron chi connectivity index (χ0n) is 17.8. The van der Waals surface area contributed by atoms with Gasteiger partial charge in [0, 0.05) is 18.7 Å². The molecule has 1 saturated heterocycles. The predicted octanol–water partition coefficient (Wildman–Crippen LogP) is 4.06. The van der Waals surface area contributed by atoms with Crippen molar-refractivity contribution in [2.45, 2.75) is 50.5 Å². The molecule has 1 fully saturated rings. The van der Waals surface area contributed by atoms with Crippen molar-refractivity contribution in [3.8, 4) is 5.75 Å². The highest BCUT2D eigenvalue weighted by molar-refractivity contribution is 7.89. The molecule has 7 heteroatoms. The predicted molar refractivity (Wildman–Crippen MR) is 117 cm³/mol. The lowest BCUT2D eigenvalue weighted by molar-refractivity contribution is 0.0939. The first-order chi connectivity index (χ1) is 14.3. The molecule has 1 heterocycles. The van der Waals surface area contributed by atoms with E-state index < -0.39 is 10.0 Å². The van der Waals surface area contributed by atoms with E-state index in [4.69, 9.17) is 4.74 Å². The third-order valence-electron chi connectivity index (χ3n) is 5.61. The lowest BCUT2D eigenvalue weighted by Gasteiger charge is -2.22. The van der Waals surface area contributed by atoms with Crippen LogP contribution in [0.3, 0.4) is 0 Å². The van der Waals surface area contributed by atoms with Gasteiger partial charge >= 0.3 is 0 Å². The van der Waals surface area contributed by atoms with E-state index in [1.165, 1.54) is 17.5 Å². The summed E-state index contributed by atoms with van der Waals surface area (Å²) in [7, 11) is -2.30. The lowest BCUT2D eigenvalue weighted by atomic mass is 10.0. The number of carbonyl (C=O) groups excluding carboxylic acids is 1. The molecule has 2 aromatic rings. The minimum Gasteiger partial charge on any atom is -0.495 e. The van der Waals surface area contributed by atoms with Gasteiger partial charge in [0.1, 0.15) is 10.6 Å². The average molecular weight is 431 g/mol. The van der Waals surface area contributed by atoms with Gasteiger partial charge in [-0.15, -0.1) is 0 Å². The number of nitrogens with one attached hydrogen (secondary N) is 1. The molecule has 0 radical (unpaired) electrons. The Hall–Kier alpha value is -2.38. The van der Waals surface area contributed by atoms with Crippen LogP contribution in [0.2, 0.25) is 0 Å². The van der Waals surface area contributed by atoms with E-state index in [0.717, 1.165) is 36.8 Å². The van der Waals surface area contributed by atoms with Crippen LogP contribution in [0.1, 0.15) is 60.1 Å². The van der Waals surface area contributed by atoms with Gasteiger partial charge in [-0.25, -0.2) is 8.42 Å². The Morgan fingerprint density at radius 1 is 1.07 bits per heavy atom. The molecule has 0 aromatic heterocycles. The molecular weight excluding hydrogens is 400 g/mol. The van der Waals surface area contributed by atoms with Crippen LogP contribution in [-0.2, 0) is 10.0 Å². The highest BCUT2D eigenvalue weighted by atomic mass is 32.2. The average Bonchev–Trinajstić information content (AvgIpc) is 3.03. The van der Waals surface area contributed by atoms with Crippen LogP contribution in [-0.4, -0.2) is 38.8 Å². The number of hydrogen-bond acceptors (Lipinski definition) is 4. The number of methoxy groups -OCH3 is 1. The van der Waals surface area contributed by atoms with Crippen molar-refractivity contribution in [1.29, 1.82) is 0 Å². The maximum Gasteiger partial charge on any atom is 0.251 e. The summed E-state index contributed by atoms with van der Waals surface area (Å²) in [5.41, 5.74) is 2.41. The van der Waals surface area contributed by atoms with Gasteiger partial charge in [-0.1, -0.05) is 37.1 Å². The van der Waals surface area contributed by atoms with Gasteiger partial charge in [-0.2, -0.15) is 4.31 Å². The highest BCUT2D eigenvalue weighted by Gasteiger charge is 2.29. The molecule has 1 atom stereocenters. The van der Waals surface area contributed by atoms with Crippen LogP contribution in [0.4, 0.5) is 0 Å². The molecule has 1 aliphatic heterocycles. The van der Waals surface area contributed by atoms with Gasteiger partial charge in [-0.05, 0) is 56.0 Å². The quantitative estimate of drug-likeness (QED) is 0.750. The second-order valence-electron chi connectivity index (χ2n) is 7.74. The smallest absolute Gasteiger partial charge is 0.251 e. The van der Waals surface area contributed by atoms with Crippen molar-refractivity contribution in [2.24, 2.45) is 0 Å². The van der Waals surface area contributed by atoms with E-state index in [1.807, 2.05) is 38.1 Å². The molecule has 0 bridgehead atoms. The second kappa shape index (κ2) is 9.62. The fraction of sp³-hybridized carbons (Fsp3) is 0.435.